The van der Waals surface area contributed by atoms with E-state index in [-0.39, 0.29) is 30.2 Å². The van der Waals surface area contributed by atoms with Crippen molar-refractivity contribution < 1.29 is 19.5 Å². The number of carboxylic acid groups (broad SMARTS) is 1. The Morgan fingerprint density at radius 3 is 1.98 bits per heavy atom. The second kappa shape index (κ2) is 14.1. The first kappa shape index (κ1) is 30.9. The zero-order chi connectivity index (χ0) is 29.3. The molecular weight excluding hydrogens is 547 g/mol. The Bertz CT molecular complexity index is 1350. The Balaban J connectivity index is 1.81. The fourth-order valence-corrected chi connectivity index (χ4v) is 4.52. The minimum atomic E-state index is -0.977. The van der Waals surface area contributed by atoms with Gasteiger partial charge in [0.2, 0.25) is 5.91 Å². The Hall–Kier alpha value is -3.61. The average Bonchev–Trinajstić information content (AvgIpc) is 2.92. The lowest BCUT2D eigenvalue weighted by atomic mass is 9.82. The topological polar surface area (TPSA) is 86.7 Å². The number of amides is 2. The third-order valence-electron chi connectivity index (χ3n) is 6.91. The molecule has 0 aromatic heterocycles. The van der Waals surface area contributed by atoms with Gasteiger partial charge in [-0.2, -0.15) is 0 Å². The molecule has 40 heavy (non-hydrogen) atoms. The van der Waals surface area contributed by atoms with E-state index in [4.69, 9.17) is 28.3 Å². The number of benzene rings is 3. The number of hydrogen-bond donors (Lipinski definition) is 2. The van der Waals surface area contributed by atoms with Crippen molar-refractivity contribution in [1.82, 2.24) is 10.2 Å². The molecule has 0 aliphatic heterocycles. The third kappa shape index (κ3) is 8.70. The zero-order valence-electron chi connectivity index (χ0n) is 22.9. The molecule has 8 heteroatoms. The SMILES string of the molecule is CCC(C)(C)c1ccc(CN(Cc2ccc(C(=O)NCCC(=O)O)cc2)C(=O)/C=C/c2c(Cl)cccc2Cl)cc1. The minimum absolute atomic E-state index is 0.0498. The summed E-state index contributed by atoms with van der Waals surface area (Å²) in [6.07, 6.45) is 3.95. The number of hydrogen-bond acceptors (Lipinski definition) is 3. The van der Waals surface area contributed by atoms with Crippen LogP contribution in [0.25, 0.3) is 6.08 Å². The van der Waals surface area contributed by atoms with Crippen LogP contribution in [0.3, 0.4) is 0 Å². The summed E-state index contributed by atoms with van der Waals surface area (Å²) in [5.74, 6) is -1.55. The van der Waals surface area contributed by atoms with Gasteiger partial charge in [-0.05, 0) is 58.9 Å². The summed E-state index contributed by atoms with van der Waals surface area (Å²) in [5, 5.41) is 12.3. The van der Waals surface area contributed by atoms with Gasteiger partial charge in [-0.3, -0.25) is 14.4 Å². The van der Waals surface area contributed by atoms with Crippen LogP contribution in [-0.2, 0) is 28.1 Å². The summed E-state index contributed by atoms with van der Waals surface area (Å²) >= 11 is 12.6. The highest BCUT2D eigenvalue weighted by molar-refractivity contribution is 6.37. The van der Waals surface area contributed by atoms with E-state index in [1.54, 1.807) is 53.4 Å². The van der Waals surface area contributed by atoms with Crippen molar-refractivity contribution in [2.45, 2.75) is 52.1 Å². The molecule has 3 aromatic rings. The smallest absolute Gasteiger partial charge is 0.305 e. The van der Waals surface area contributed by atoms with Crippen molar-refractivity contribution in [3.63, 3.8) is 0 Å². The highest BCUT2D eigenvalue weighted by Gasteiger charge is 2.19. The standard InChI is InChI=1S/C32H34Cl2N2O4/c1-4-32(2,3)25-14-10-23(11-15-25)21-36(29(37)17-16-26-27(33)6-5-7-28(26)34)20-22-8-12-24(13-9-22)31(40)35-19-18-30(38)39/h5-17H,4,18-21H2,1-3H3,(H,35,40)(H,38,39)/b17-16+. The number of nitrogens with zero attached hydrogens (tertiary/aromatic N) is 1. The van der Waals surface area contributed by atoms with Crippen LogP contribution in [-0.4, -0.2) is 34.3 Å². The molecule has 210 valence electrons. The van der Waals surface area contributed by atoms with Gasteiger partial charge in [-0.15, -0.1) is 0 Å². The lowest BCUT2D eigenvalue weighted by Gasteiger charge is -2.25. The molecule has 3 aromatic carbocycles. The number of nitrogens with one attached hydrogen (secondary N) is 1. The zero-order valence-corrected chi connectivity index (χ0v) is 24.4. The van der Waals surface area contributed by atoms with Crippen molar-refractivity contribution in [3.05, 3.63) is 111 Å². The van der Waals surface area contributed by atoms with Gasteiger partial charge in [0, 0.05) is 46.9 Å². The van der Waals surface area contributed by atoms with Crippen molar-refractivity contribution in [2.24, 2.45) is 0 Å². The van der Waals surface area contributed by atoms with E-state index in [1.165, 1.54) is 11.6 Å². The number of rotatable bonds is 12. The van der Waals surface area contributed by atoms with E-state index in [0.29, 0.717) is 34.3 Å². The van der Waals surface area contributed by atoms with E-state index in [2.05, 4.69) is 38.2 Å². The van der Waals surface area contributed by atoms with Crippen LogP contribution in [0.4, 0.5) is 0 Å². The van der Waals surface area contributed by atoms with Gasteiger partial charge in [0.1, 0.15) is 0 Å². The average molecular weight is 582 g/mol. The highest BCUT2D eigenvalue weighted by Crippen LogP contribution is 2.28. The molecule has 0 fully saturated rings. The summed E-state index contributed by atoms with van der Waals surface area (Å²) in [6.45, 7) is 7.31. The van der Waals surface area contributed by atoms with Crippen LogP contribution in [0.1, 0.15) is 66.2 Å². The minimum Gasteiger partial charge on any atom is -0.481 e. The quantitative estimate of drug-likeness (QED) is 0.223. The number of carboxylic acids is 1. The Morgan fingerprint density at radius 1 is 0.900 bits per heavy atom. The van der Waals surface area contributed by atoms with Gasteiger partial charge in [-0.25, -0.2) is 0 Å². The number of carbonyl (C=O) groups is 3. The van der Waals surface area contributed by atoms with Gasteiger partial charge in [-0.1, -0.05) is 86.4 Å². The lowest BCUT2D eigenvalue weighted by Crippen LogP contribution is -2.29. The van der Waals surface area contributed by atoms with Crippen molar-refractivity contribution in [2.75, 3.05) is 6.54 Å². The molecule has 0 saturated heterocycles. The molecule has 0 bridgehead atoms. The molecule has 2 amide bonds. The van der Waals surface area contributed by atoms with Gasteiger partial charge >= 0.3 is 5.97 Å². The van der Waals surface area contributed by atoms with Crippen LogP contribution in [0.5, 0.6) is 0 Å². The molecule has 0 aliphatic rings. The van der Waals surface area contributed by atoms with Crippen molar-refractivity contribution >= 4 is 47.1 Å². The largest absolute Gasteiger partial charge is 0.481 e. The second-order valence-corrected chi connectivity index (χ2v) is 11.0. The van der Waals surface area contributed by atoms with Gasteiger partial charge < -0.3 is 15.3 Å². The molecule has 0 aliphatic carbocycles. The van der Waals surface area contributed by atoms with Gasteiger partial charge in [0.15, 0.2) is 0 Å². The highest BCUT2D eigenvalue weighted by atomic mass is 35.5. The second-order valence-electron chi connectivity index (χ2n) is 10.2. The Kier molecular flexibility index (Phi) is 10.9. The fourth-order valence-electron chi connectivity index (χ4n) is 3.99. The summed E-state index contributed by atoms with van der Waals surface area (Å²) < 4.78 is 0. The summed E-state index contributed by atoms with van der Waals surface area (Å²) in [6, 6.07) is 20.4. The van der Waals surface area contributed by atoms with E-state index in [0.717, 1.165) is 17.5 Å². The molecule has 6 nitrogen and oxygen atoms in total. The van der Waals surface area contributed by atoms with Crippen molar-refractivity contribution in [3.8, 4) is 0 Å². The van der Waals surface area contributed by atoms with Crippen LogP contribution in [0.15, 0.2) is 72.8 Å². The maximum atomic E-state index is 13.4. The predicted octanol–water partition coefficient (Wildman–Crippen LogP) is 7.13. The van der Waals surface area contributed by atoms with Gasteiger partial charge in [0.25, 0.3) is 5.91 Å². The molecule has 0 atom stereocenters. The summed E-state index contributed by atoms with van der Waals surface area (Å²) in [5.41, 5.74) is 4.11. The number of halogens is 2. The Morgan fingerprint density at radius 2 is 1.45 bits per heavy atom. The fraction of sp³-hybridized carbons (Fsp3) is 0.281. The summed E-state index contributed by atoms with van der Waals surface area (Å²) in [4.78, 5) is 38.1. The van der Waals surface area contributed by atoms with E-state index >= 15 is 0 Å². The monoisotopic (exact) mass is 580 g/mol. The maximum absolute atomic E-state index is 13.4. The third-order valence-corrected chi connectivity index (χ3v) is 7.57. The van der Waals surface area contributed by atoms with Crippen LogP contribution in [0, 0.1) is 0 Å². The molecule has 0 unspecified atom stereocenters. The first-order valence-electron chi connectivity index (χ1n) is 13.1. The molecule has 2 N–H and O–H groups in total. The molecule has 3 rings (SSSR count). The predicted molar refractivity (Wildman–Crippen MR) is 161 cm³/mol. The van der Waals surface area contributed by atoms with Crippen LogP contribution in [0.2, 0.25) is 10.0 Å². The first-order valence-corrected chi connectivity index (χ1v) is 13.8. The van der Waals surface area contributed by atoms with E-state index in [9.17, 15) is 14.4 Å². The number of aliphatic carboxylic acids is 1. The molecular formula is C32H34Cl2N2O4. The van der Waals surface area contributed by atoms with E-state index < -0.39 is 5.97 Å². The molecule has 0 radical (unpaired) electrons. The van der Waals surface area contributed by atoms with Crippen LogP contribution < -0.4 is 5.32 Å². The maximum Gasteiger partial charge on any atom is 0.305 e. The van der Waals surface area contributed by atoms with Crippen LogP contribution >= 0.6 is 23.2 Å². The Labute approximate surface area is 245 Å². The lowest BCUT2D eigenvalue weighted by molar-refractivity contribution is -0.136. The number of carbonyl (C=O) groups excluding carboxylic acids is 2. The molecule has 0 saturated carbocycles. The van der Waals surface area contributed by atoms with Crippen molar-refractivity contribution in [1.29, 1.82) is 0 Å². The molecule has 0 spiro atoms. The normalized spacial score (nSPS) is 11.4. The van der Waals surface area contributed by atoms with Gasteiger partial charge in [0.05, 0.1) is 6.42 Å². The van der Waals surface area contributed by atoms with E-state index in [1.807, 2.05) is 12.1 Å². The first-order chi connectivity index (χ1) is 19.0. The molecule has 0 heterocycles. The summed E-state index contributed by atoms with van der Waals surface area (Å²) in [7, 11) is 0.